The molecule has 0 aliphatic carbocycles. The maximum absolute atomic E-state index is 14.2. The van der Waals surface area contributed by atoms with Gasteiger partial charge in [0.25, 0.3) is 5.91 Å². The standard InChI is InChI=1S/C32H41N3O7S3/c1-2-3-6-23-8-11-26(43-23)29(36)22-12-16-35(17-13-22)31-33-25-10-9-24(21-27(25)44-31)45(38,39)32(14-19-40-20-15-32)30(37)34-42-28-7-4-5-18-41-28/h8-11,21-22,28H,2-7,12-20H2,1H3,(H,34,37). The van der Waals surface area contributed by atoms with Gasteiger partial charge in [0.1, 0.15) is 0 Å². The zero-order valence-electron chi connectivity index (χ0n) is 25.6. The Hall–Kier alpha value is -2.42. The largest absolute Gasteiger partial charge is 0.381 e. The molecule has 5 heterocycles. The molecule has 1 atom stereocenters. The maximum atomic E-state index is 14.2. The van der Waals surface area contributed by atoms with Gasteiger partial charge in [-0.15, -0.1) is 11.3 Å². The monoisotopic (exact) mass is 675 g/mol. The highest BCUT2D eigenvalue weighted by Crippen LogP contribution is 2.39. The SMILES string of the molecule is CCCCc1ccc(C(=O)C2CCN(c3nc4ccc(S(=O)(=O)C5(C(=O)NOC6CCCCO6)CCOCC5)cc4s3)CC2)s1. The van der Waals surface area contributed by atoms with Crippen LogP contribution in [0.2, 0.25) is 0 Å². The number of aryl methyl sites for hydroxylation is 1. The van der Waals surface area contributed by atoms with Gasteiger partial charge in [0.2, 0.25) is 0 Å². The van der Waals surface area contributed by atoms with Crippen molar-refractivity contribution in [1.82, 2.24) is 10.5 Å². The van der Waals surface area contributed by atoms with Crippen molar-refractivity contribution in [2.45, 2.75) is 87.1 Å². The van der Waals surface area contributed by atoms with Crippen LogP contribution in [0.5, 0.6) is 0 Å². The number of hydroxylamine groups is 1. The average Bonchev–Trinajstić information content (AvgIpc) is 3.74. The Morgan fingerprint density at radius 1 is 1.07 bits per heavy atom. The van der Waals surface area contributed by atoms with E-state index in [4.69, 9.17) is 19.3 Å². The van der Waals surface area contributed by atoms with E-state index < -0.39 is 26.8 Å². The first-order valence-corrected chi connectivity index (χ1v) is 19.1. The fourth-order valence-corrected chi connectivity index (χ4v) is 10.4. The molecule has 3 saturated heterocycles. The fourth-order valence-electron chi connectivity index (χ4n) is 6.29. The third-order valence-corrected chi connectivity index (χ3v) is 13.9. The normalized spacial score (nSPS) is 21.2. The molecular formula is C32H41N3O7S3. The van der Waals surface area contributed by atoms with Gasteiger partial charge in [0, 0.05) is 50.1 Å². The van der Waals surface area contributed by atoms with Crippen molar-refractivity contribution in [2.24, 2.45) is 5.92 Å². The summed E-state index contributed by atoms with van der Waals surface area (Å²) in [5, 5.41) is 0.808. The zero-order valence-corrected chi connectivity index (χ0v) is 28.1. The first kappa shape index (κ1) is 32.5. The highest BCUT2D eigenvalue weighted by Gasteiger charge is 2.52. The second kappa shape index (κ2) is 14.1. The molecule has 1 aromatic carbocycles. The summed E-state index contributed by atoms with van der Waals surface area (Å²) in [5.41, 5.74) is 3.12. The topological polar surface area (TPSA) is 124 Å². The Balaban J connectivity index is 1.14. The second-order valence-corrected chi connectivity index (χ2v) is 16.5. The number of Topliss-reactive ketones (excluding diaryl/α,β-unsaturated/α-hetero) is 1. The van der Waals surface area contributed by atoms with Crippen molar-refractivity contribution in [3.8, 4) is 0 Å². The number of anilines is 1. The van der Waals surface area contributed by atoms with Crippen LogP contribution >= 0.6 is 22.7 Å². The molecular weight excluding hydrogens is 635 g/mol. The number of piperidine rings is 1. The van der Waals surface area contributed by atoms with Gasteiger partial charge in [-0.1, -0.05) is 24.7 Å². The number of ether oxygens (including phenoxy) is 2. The molecule has 1 amide bonds. The number of thiazole rings is 1. The highest BCUT2D eigenvalue weighted by molar-refractivity contribution is 7.93. The van der Waals surface area contributed by atoms with Crippen molar-refractivity contribution in [1.29, 1.82) is 0 Å². The van der Waals surface area contributed by atoms with Gasteiger partial charge in [-0.3, -0.25) is 9.59 Å². The van der Waals surface area contributed by atoms with Crippen LogP contribution < -0.4 is 10.4 Å². The summed E-state index contributed by atoms with van der Waals surface area (Å²) in [5.74, 6) is -0.452. The number of ketones is 1. The Bertz CT molecular complexity index is 1600. The number of aromatic nitrogens is 1. The van der Waals surface area contributed by atoms with Gasteiger partial charge >= 0.3 is 0 Å². The molecule has 2 aromatic heterocycles. The summed E-state index contributed by atoms with van der Waals surface area (Å²) in [6, 6.07) is 8.95. The van der Waals surface area contributed by atoms with Crippen molar-refractivity contribution < 1.29 is 32.3 Å². The molecule has 0 spiro atoms. The fraction of sp³-hybridized carbons (Fsp3) is 0.594. The van der Waals surface area contributed by atoms with Crippen LogP contribution in [0.1, 0.15) is 79.3 Å². The van der Waals surface area contributed by atoms with E-state index in [0.29, 0.717) is 31.6 Å². The molecule has 45 heavy (non-hydrogen) atoms. The number of hydrogen-bond acceptors (Lipinski definition) is 11. The third kappa shape index (κ3) is 6.84. The summed E-state index contributed by atoms with van der Waals surface area (Å²) in [4.78, 5) is 41.4. The summed E-state index contributed by atoms with van der Waals surface area (Å²) < 4.78 is 38.3. The molecule has 1 unspecified atom stereocenters. The molecule has 10 nitrogen and oxygen atoms in total. The Kier molecular flexibility index (Phi) is 10.2. The lowest BCUT2D eigenvalue weighted by molar-refractivity contribution is -0.202. The maximum Gasteiger partial charge on any atom is 0.265 e. The minimum atomic E-state index is -4.11. The van der Waals surface area contributed by atoms with E-state index in [0.717, 1.165) is 59.7 Å². The Morgan fingerprint density at radius 2 is 1.87 bits per heavy atom. The summed E-state index contributed by atoms with van der Waals surface area (Å²) in [6.45, 7) is 4.45. The first-order valence-electron chi connectivity index (χ1n) is 16.0. The lowest BCUT2D eigenvalue weighted by atomic mass is 9.92. The predicted octanol–water partition coefficient (Wildman–Crippen LogP) is 5.70. The number of rotatable bonds is 11. The van der Waals surface area contributed by atoms with Gasteiger partial charge in [-0.25, -0.2) is 23.7 Å². The van der Waals surface area contributed by atoms with E-state index in [-0.39, 0.29) is 42.7 Å². The molecule has 3 aliphatic rings. The van der Waals surface area contributed by atoms with Gasteiger partial charge < -0.3 is 14.4 Å². The molecule has 3 aliphatic heterocycles. The van der Waals surface area contributed by atoms with Crippen LogP contribution in [0.15, 0.2) is 35.2 Å². The van der Waals surface area contributed by atoms with E-state index in [1.165, 1.54) is 22.3 Å². The van der Waals surface area contributed by atoms with Crippen LogP contribution in [0, 0.1) is 5.92 Å². The van der Waals surface area contributed by atoms with Crippen LogP contribution in [-0.4, -0.2) is 69.0 Å². The molecule has 6 rings (SSSR count). The number of hydrogen-bond donors (Lipinski definition) is 1. The molecule has 3 aromatic rings. The van der Waals surface area contributed by atoms with Gasteiger partial charge in [0.15, 0.2) is 31.8 Å². The average molecular weight is 676 g/mol. The van der Waals surface area contributed by atoms with Crippen molar-refractivity contribution in [2.75, 3.05) is 37.8 Å². The van der Waals surface area contributed by atoms with Gasteiger partial charge in [-0.2, -0.15) is 0 Å². The number of nitrogens with zero attached hydrogens (tertiary/aromatic N) is 2. The van der Waals surface area contributed by atoms with Crippen LogP contribution in [-0.2, 0) is 35.4 Å². The van der Waals surface area contributed by atoms with E-state index in [1.54, 1.807) is 23.5 Å². The summed E-state index contributed by atoms with van der Waals surface area (Å²) >= 11 is 3.07. The molecule has 13 heteroatoms. The van der Waals surface area contributed by atoms with Crippen LogP contribution in [0.4, 0.5) is 5.13 Å². The van der Waals surface area contributed by atoms with Crippen LogP contribution in [0.25, 0.3) is 10.2 Å². The third-order valence-electron chi connectivity index (χ3n) is 9.13. The molecule has 3 fully saturated rings. The highest BCUT2D eigenvalue weighted by atomic mass is 32.2. The minimum absolute atomic E-state index is 0.000475. The van der Waals surface area contributed by atoms with Gasteiger partial charge in [0.05, 0.1) is 20.0 Å². The number of fused-ring (bicyclic) bond motifs is 1. The number of benzene rings is 1. The van der Waals surface area contributed by atoms with E-state index in [1.807, 2.05) is 6.07 Å². The van der Waals surface area contributed by atoms with Crippen LogP contribution in [0.3, 0.4) is 0 Å². The molecule has 244 valence electrons. The van der Waals surface area contributed by atoms with Crippen molar-refractivity contribution in [3.05, 3.63) is 40.1 Å². The smallest absolute Gasteiger partial charge is 0.265 e. The number of unbranched alkanes of at least 4 members (excludes halogenated alkanes) is 1. The van der Waals surface area contributed by atoms with Crippen molar-refractivity contribution in [3.63, 3.8) is 0 Å². The second-order valence-electron chi connectivity index (χ2n) is 12.1. The summed E-state index contributed by atoms with van der Waals surface area (Å²) in [6.07, 6.45) is 6.77. The van der Waals surface area contributed by atoms with E-state index in [9.17, 15) is 18.0 Å². The minimum Gasteiger partial charge on any atom is -0.381 e. The molecule has 0 saturated carbocycles. The zero-order chi connectivity index (χ0) is 31.4. The predicted molar refractivity (Wildman–Crippen MR) is 175 cm³/mol. The van der Waals surface area contributed by atoms with Gasteiger partial charge in [-0.05, 0) is 81.7 Å². The van der Waals surface area contributed by atoms with Crippen molar-refractivity contribution >= 4 is 59.5 Å². The Morgan fingerprint density at radius 3 is 2.60 bits per heavy atom. The first-order chi connectivity index (χ1) is 21.8. The quantitative estimate of drug-likeness (QED) is 0.201. The number of carbonyl (C=O) groups is 2. The summed E-state index contributed by atoms with van der Waals surface area (Å²) in [7, 11) is -4.11. The van der Waals surface area contributed by atoms with E-state index in [2.05, 4.69) is 23.4 Å². The number of nitrogens with one attached hydrogen (secondary N) is 1. The van der Waals surface area contributed by atoms with E-state index >= 15 is 0 Å². The lowest BCUT2D eigenvalue weighted by Gasteiger charge is -2.35. The number of thiophene rings is 1. The lowest BCUT2D eigenvalue weighted by Crippen LogP contribution is -2.56. The molecule has 0 radical (unpaired) electrons. The number of sulfone groups is 1. The Labute approximate surface area is 272 Å². The number of amides is 1. The molecule has 1 N–H and O–H groups in total. The molecule has 0 bridgehead atoms. The number of carbonyl (C=O) groups excluding carboxylic acids is 2.